The van der Waals surface area contributed by atoms with E-state index in [-0.39, 0.29) is 21.9 Å². The Morgan fingerprint density at radius 2 is 1.89 bits per heavy atom. The van der Waals surface area contributed by atoms with Crippen LogP contribution in [0.15, 0.2) is 36.4 Å². The summed E-state index contributed by atoms with van der Waals surface area (Å²) in [5.41, 5.74) is 0.512. The number of halogens is 2. The SMILES string of the molecule is O=C(O)c1cc(Cl)cc(-c2cc(F)ccc2O)c1. The van der Waals surface area contributed by atoms with Crippen LogP contribution in [0.2, 0.25) is 5.02 Å². The second-order valence-electron chi connectivity index (χ2n) is 3.70. The minimum absolute atomic E-state index is 0.0267. The number of carboxylic acids is 1. The molecule has 92 valence electrons. The van der Waals surface area contributed by atoms with E-state index in [0.717, 1.165) is 12.1 Å². The number of hydrogen-bond acceptors (Lipinski definition) is 2. The van der Waals surface area contributed by atoms with Crippen molar-refractivity contribution in [3.63, 3.8) is 0 Å². The standard InChI is InChI=1S/C13H8ClFO3/c14-9-4-7(3-8(5-9)13(17)18)11-6-10(15)1-2-12(11)16/h1-6,16H,(H,17,18). The van der Waals surface area contributed by atoms with Crippen molar-refractivity contribution in [3.05, 3.63) is 52.8 Å². The third-order valence-electron chi connectivity index (χ3n) is 2.41. The van der Waals surface area contributed by atoms with Crippen LogP contribution >= 0.6 is 11.6 Å². The largest absolute Gasteiger partial charge is 0.507 e. The fourth-order valence-corrected chi connectivity index (χ4v) is 1.84. The summed E-state index contributed by atoms with van der Waals surface area (Å²) in [6.45, 7) is 0. The molecule has 0 aliphatic rings. The maximum Gasteiger partial charge on any atom is 0.335 e. The normalized spacial score (nSPS) is 10.3. The molecular weight excluding hydrogens is 259 g/mol. The minimum atomic E-state index is -1.14. The summed E-state index contributed by atoms with van der Waals surface area (Å²) in [4.78, 5) is 10.9. The predicted octanol–water partition coefficient (Wildman–Crippen LogP) is 3.55. The molecule has 0 saturated carbocycles. The number of aromatic hydroxyl groups is 1. The molecule has 0 unspecified atom stereocenters. The van der Waals surface area contributed by atoms with Crippen LogP contribution < -0.4 is 0 Å². The Balaban J connectivity index is 2.63. The molecule has 0 amide bonds. The fourth-order valence-electron chi connectivity index (χ4n) is 1.61. The quantitative estimate of drug-likeness (QED) is 0.874. The molecule has 18 heavy (non-hydrogen) atoms. The molecule has 0 heterocycles. The van der Waals surface area contributed by atoms with Crippen LogP contribution in [0.1, 0.15) is 10.4 Å². The lowest BCUT2D eigenvalue weighted by molar-refractivity contribution is 0.0697. The molecule has 2 N–H and O–H groups in total. The van der Waals surface area contributed by atoms with E-state index in [2.05, 4.69) is 0 Å². The van der Waals surface area contributed by atoms with Gasteiger partial charge in [-0.2, -0.15) is 0 Å². The van der Waals surface area contributed by atoms with Gasteiger partial charge in [0.2, 0.25) is 0 Å². The summed E-state index contributed by atoms with van der Waals surface area (Å²) < 4.78 is 13.1. The molecule has 0 aromatic heterocycles. The van der Waals surface area contributed by atoms with Gasteiger partial charge in [-0.15, -0.1) is 0 Å². The molecule has 0 atom stereocenters. The van der Waals surface area contributed by atoms with E-state index in [1.165, 1.54) is 24.3 Å². The third kappa shape index (κ3) is 2.43. The lowest BCUT2D eigenvalue weighted by atomic mass is 10.0. The Hall–Kier alpha value is -2.07. The first-order valence-corrected chi connectivity index (χ1v) is 5.38. The van der Waals surface area contributed by atoms with Crippen LogP contribution in [0.5, 0.6) is 5.75 Å². The van der Waals surface area contributed by atoms with Gasteiger partial charge >= 0.3 is 5.97 Å². The summed E-state index contributed by atoms with van der Waals surface area (Å²) in [6.07, 6.45) is 0. The van der Waals surface area contributed by atoms with E-state index < -0.39 is 11.8 Å². The Kier molecular flexibility index (Phi) is 3.21. The average molecular weight is 267 g/mol. The number of phenols is 1. The Labute approximate surface area is 107 Å². The minimum Gasteiger partial charge on any atom is -0.507 e. The molecule has 5 heteroatoms. The van der Waals surface area contributed by atoms with Crippen molar-refractivity contribution >= 4 is 17.6 Å². The molecule has 2 rings (SSSR count). The molecule has 2 aromatic carbocycles. The lowest BCUT2D eigenvalue weighted by Crippen LogP contribution is -1.96. The van der Waals surface area contributed by atoms with Crippen LogP contribution in [0.3, 0.4) is 0 Å². The van der Waals surface area contributed by atoms with E-state index >= 15 is 0 Å². The van der Waals surface area contributed by atoms with Crippen molar-refractivity contribution in [2.45, 2.75) is 0 Å². The molecule has 2 aromatic rings. The number of phenolic OH excluding ortho intramolecular Hbond substituents is 1. The summed E-state index contributed by atoms with van der Waals surface area (Å²) in [6, 6.07) is 7.50. The van der Waals surface area contributed by atoms with Crippen LogP contribution in [0.4, 0.5) is 4.39 Å². The van der Waals surface area contributed by atoms with Gasteiger partial charge in [-0.1, -0.05) is 11.6 Å². The highest BCUT2D eigenvalue weighted by Gasteiger charge is 2.11. The molecule has 3 nitrogen and oxygen atoms in total. The number of benzene rings is 2. The molecule has 0 saturated heterocycles. The fraction of sp³-hybridized carbons (Fsp3) is 0. The number of carbonyl (C=O) groups is 1. The molecule has 0 aliphatic carbocycles. The zero-order chi connectivity index (χ0) is 13.3. The van der Waals surface area contributed by atoms with E-state index in [1.54, 1.807) is 0 Å². The van der Waals surface area contributed by atoms with Crippen molar-refractivity contribution in [1.29, 1.82) is 0 Å². The summed E-state index contributed by atoms with van der Waals surface area (Å²) in [7, 11) is 0. The van der Waals surface area contributed by atoms with Crippen LogP contribution in [-0.2, 0) is 0 Å². The van der Waals surface area contributed by atoms with Gasteiger partial charge in [-0.3, -0.25) is 0 Å². The first-order chi connectivity index (χ1) is 8.47. The highest BCUT2D eigenvalue weighted by Crippen LogP contribution is 2.32. The lowest BCUT2D eigenvalue weighted by Gasteiger charge is -2.07. The van der Waals surface area contributed by atoms with Crippen molar-refractivity contribution in [3.8, 4) is 16.9 Å². The van der Waals surface area contributed by atoms with Crippen molar-refractivity contribution in [2.75, 3.05) is 0 Å². The molecule has 0 fully saturated rings. The van der Waals surface area contributed by atoms with Crippen molar-refractivity contribution in [2.24, 2.45) is 0 Å². The Morgan fingerprint density at radius 3 is 2.56 bits per heavy atom. The first-order valence-electron chi connectivity index (χ1n) is 5.00. The second-order valence-corrected chi connectivity index (χ2v) is 4.13. The number of carboxylic acid groups (broad SMARTS) is 1. The van der Waals surface area contributed by atoms with Gasteiger partial charge in [0.25, 0.3) is 0 Å². The topological polar surface area (TPSA) is 57.5 Å². The predicted molar refractivity (Wildman–Crippen MR) is 65.5 cm³/mol. The number of aromatic carboxylic acids is 1. The Morgan fingerprint density at radius 1 is 1.17 bits per heavy atom. The van der Waals surface area contributed by atoms with Gasteiger partial charge < -0.3 is 10.2 Å². The zero-order valence-electron chi connectivity index (χ0n) is 9.02. The zero-order valence-corrected chi connectivity index (χ0v) is 9.78. The van der Waals surface area contributed by atoms with Crippen LogP contribution in [0, 0.1) is 5.82 Å². The van der Waals surface area contributed by atoms with Gasteiger partial charge in [0.1, 0.15) is 11.6 Å². The van der Waals surface area contributed by atoms with E-state index in [9.17, 15) is 14.3 Å². The van der Waals surface area contributed by atoms with Crippen molar-refractivity contribution in [1.82, 2.24) is 0 Å². The van der Waals surface area contributed by atoms with Crippen LogP contribution in [0.25, 0.3) is 11.1 Å². The molecule has 0 spiro atoms. The third-order valence-corrected chi connectivity index (χ3v) is 2.63. The summed E-state index contributed by atoms with van der Waals surface area (Å²) in [5.74, 6) is -1.82. The van der Waals surface area contributed by atoms with Gasteiger partial charge in [0, 0.05) is 10.6 Å². The maximum absolute atomic E-state index is 13.1. The number of hydrogen-bond donors (Lipinski definition) is 2. The van der Waals surface area contributed by atoms with E-state index in [0.29, 0.717) is 5.56 Å². The summed E-state index contributed by atoms with van der Waals surface area (Å²) in [5, 5.41) is 18.8. The first kappa shape index (κ1) is 12.4. The highest BCUT2D eigenvalue weighted by molar-refractivity contribution is 6.31. The van der Waals surface area contributed by atoms with Gasteiger partial charge in [0.15, 0.2) is 0 Å². The van der Waals surface area contributed by atoms with E-state index in [4.69, 9.17) is 16.7 Å². The smallest absolute Gasteiger partial charge is 0.335 e. The Bertz CT molecular complexity index is 626. The average Bonchev–Trinajstić information content (AvgIpc) is 2.31. The molecule has 0 aliphatic heterocycles. The monoisotopic (exact) mass is 266 g/mol. The maximum atomic E-state index is 13.1. The van der Waals surface area contributed by atoms with Gasteiger partial charge in [-0.05, 0) is 42.0 Å². The van der Waals surface area contributed by atoms with Crippen LogP contribution in [-0.4, -0.2) is 16.2 Å². The van der Waals surface area contributed by atoms with Gasteiger partial charge in [-0.25, -0.2) is 9.18 Å². The molecular formula is C13H8ClFO3. The van der Waals surface area contributed by atoms with Crippen molar-refractivity contribution < 1.29 is 19.4 Å². The van der Waals surface area contributed by atoms with Gasteiger partial charge in [0.05, 0.1) is 5.56 Å². The molecule has 0 bridgehead atoms. The summed E-state index contributed by atoms with van der Waals surface area (Å²) >= 11 is 5.80. The van der Waals surface area contributed by atoms with E-state index in [1.807, 2.05) is 0 Å². The molecule has 0 radical (unpaired) electrons. The number of rotatable bonds is 2. The second kappa shape index (κ2) is 4.66. The highest BCUT2D eigenvalue weighted by atomic mass is 35.5.